The predicted octanol–water partition coefficient (Wildman–Crippen LogP) is 3.30. The van der Waals surface area contributed by atoms with Crippen LogP contribution in [0.15, 0.2) is 48.5 Å². The van der Waals surface area contributed by atoms with Crippen LogP contribution in [0.1, 0.15) is 35.2 Å². The maximum atomic E-state index is 5.74. The Hall–Kier alpha value is -2.13. The third-order valence-corrected chi connectivity index (χ3v) is 4.57. The SMILES string of the molecule is Cn1c(C2CC2c2ccccc2)nc2ccc(CN)cc21. The highest BCUT2D eigenvalue weighted by Gasteiger charge is 2.42. The van der Waals surface area contributed by atoms with E-state index < -0.39 is 0 Å². The summed E-state index contributed by atoms with van der Waals surface area (Å²) in [5.41, 5.74) is 10.6. The van der Waals surface area contributed by atoms with Gasteiger partial charge in [-0.25, -0.2) is 4.98 Å². The standard InChI is InChI=1S/C18H19N3/c1-21-17-9-12(11-19)7-8-16(17)20-18(21)15-10-14(15)13-5-3-2-4-6-13/h2-9,14-15H,10-11,19H2,1H3. The van der Waals surface area contributed by atoms with Crippen molar-refractivity contribution in [1.82, 2.24) is 9.55 Å². The Morgan fingerprint density at radius 3 is 2.71 bits per heavy atom. The summed E-state index contributed by atoms with van der Waals surface area (Å²) < 4.78 is 2.24. The van der Waals surface area contributed by atoms with Gasteiger partial charge in [-0.15, -0.1) is 0 Å². The Morgan fingerprint density at radius 1 is 1.14 bits per heavy atom. The van der Waals surface area contributed by atoms with Gasteiger partial charge >= 0.3 is 0 Å². The molecular formula is C18H19N3. The zero-order chi connectivity index (χ0) is 14.4. The number of aryl methyl sites for hydroxylation is 1. The van der Waals surface area contributed by atoms with Crippen LogP contribution in [0.4, 0.5) is 0 Å². The van der Waals surface area contributed by atoms with E-state index >= 15 is 0 Å². The topological polar surface area (TPSA) is 43.8 Å². The Balaban J connectivity index is 1.71. The van der Waals surface area contributed by atoms with Gasteiger partial charge in [-0.1, -0.05) is 36.4 Å². The van der Waals surface area contributed by atoms with Crippen LogP contribution in [0.5, 0.6) is 0 Å². The van der Waals surface area contributed by atoms with E-state index in [-0.39, 0.29) is 0 Å². The van der Waals surface area contributed by atoms with Crippen LogP contribution in [0, 0.1) is 0 Å². The zero-order valence-corrected chi connectivity index (χ0v) is 12.2. The highest BCUT2D eigenvalue weighted by molar-refractivity contribution is 5.77. The number of nitrogens with zero attached hydrogens (tertiary/aromatic N) is 2. The van der Waals surface area contributed by atoms with Crippen LogP contribution >= 0.6 is 0 Å². The van der Waals surface area contributed by atoms with Crippen molar-refractivity contribution in [2.24, 2.45) is 12.8 Å². The van der Waals surface area contributed by atoms with Gasteiger partial charge in [0.25, 0.3) is 0 Å². The molecule has 4 rings (SSSR count). The first-order chi connectivity index (χ1) is 10.3. The Labute approximate surface area is 124 Å². The Kier molecular flexibility index (Phi) is 2.82. The molecule has 0 aliphatic heterocycles. The molecule has 1 aliphatic rings. The van der Waals surface area contributed by atoms with Crippen molar-refractivity contribution in [2.45, 2.75) is 24.8 Å². The summed E-state index contributed by atoms with van der Waals surface area (Å²) in [6, 6.07) is 17.1. The average Bonchev–Trinajstić information content (AvgIpc) is 3.27. The molecule has 2 N–H and O–H groups in total. The molecule has 106 valence electrons. The van der Waals surface area contributed by atoms with Crippen LogP contribution in [0.25, 0.3) is 11.0 Å². The highest BCUT2D eigenvalue weighted by Crippen LogP contribution is 2.54. The maximum Gasteiger partial charge on any atom is 0.113 e. The Morgan fingerprint density at radius 2 is 1.95 bits per heavy atom. The number of hydrogen-bond acceptors (Lipinski definition) is 2. The molecular weight excluding hydrogens is 258 g/mol. The quantitative estimate of drug-likeness (QED) is 0.798. The summed E-state index contributed by atoms with van der Waals surface area (Å²) in [5.74, 6) is 2.37. The van der Waals surface area contributed by atoms with Crippen LogP contribution < -0.4 is 5.73 Å². The first kappa shape index (κ1) is 12.6. The molecule has 0 saturated heterocycles. The normalized spacial score (nSPS) is 20.9. The van der Waals surface area contributed by atoms with Crippen molar-refractivity contribution in [2.75, 3.05) is 0 Å². The molecule has 1 aromatic heterocycles. The molecule has 1 aliphatic carbocycles. The molecule has 2 aromatic carbocycles. The Bertz CT molecular complexity index is 789. The molecule has 1 heterocycles. The molecule has 3 nitrogen and oxygen atoms in total. The molecule has 1 saturated carbocycles. The summed E-state index contributed by atoms with van der Waals surface area (Å²) in [5, 5.41) is 0. The molecule has 3 aromatic rings. The largest absolute Gasteiger partial charge is 0.331 e. The lowest BCUT2D eigenvalue weighted by molar-refractivity contribution is 0.804. The molecule has 0 bridgehead atoms. The van der Waals surface area contributed by atoms with Crippen LogP contribution in [0.2, 0.25) is 0 Å². The number of nitrogens with two attached hydrogens (primary N) is 1. The van der Waals surface area contributed by atoms with Gasteiger partial charge < -0.3 is 10.3 Å². The predicted molar refractivity (Wildman–Crippen MR) is 85.1 cm³/mol. The summed E-state index contributed by atoms with van der Waals surface area (Å²) in [7, 11) is 2.12. The van der Waals surface area contributed by atoms with Crippen LogP contribution in [0.3, 0.4) is 0 Å². The number of rotatable bonds is 3. The van der Waals surface area contributed by atoms with Gasteiger partial charge in [0.15, 0.2) is 0 Å². The third-order valence-electron chi connectivity index (χ3n) is 4.57. The van der Waals surface area contributed by atoms with E-state index in [2.05, 4.69) is 60.1 Å². The first-order valence-electron chi connectivity index (χ1n) is 7.48. The smallest absolute Gasteiger partial charge is 0.113 e. The van der Waals surface area contributed by atoms with Gasteiger partial charge in [-0.05, 0) is 35.6 Å². The molecule has 2 unspecified atom stereocenters. The van der Waals surface area contributed by atoms with Crippen molar-refractivity contribution < 1.29 is 0 Å². The van der Waals surface area contributed by atoms with E-state index in [1.165, 1.54) is 23.3 Å². The molecule has 1 fully saturated rings. The van der Waals surface area contributed by atoms with E-state index in [0.717, 1.165) is 11.1 Å². The number of aromatic nitrogens is 2. The van der Waals surface area contributed by atoms with Gasteiger partial charge in [0.1, 0.15) is 5.82 Å². The van der Waals surface area contributed by atoms with Gasteiger partial charge in [0.05, 0.1) is 11.0 Å². The average molecular weight is 277 g/mol. The first-order valence-corrected chi connectivity index (χ1v) is 7.48. The molecule has 21 heavy (non-hydrogen) atoms. The number of benzene rings is 2. The highest BCUT2D eigenvalue weighted by atomic mass is 15.1. The van der Waals surface area contributed by atoms with Gasteiger partial charge in [0.2, 0.25) is 0 Å². The maximum absolute atomic E-state index is 5.74. The van der Waals surface area contributed by atoms with Gasteiger partial charge in [-0.3, -0.25) is 0 Å². The fourth-order valence-corrected chi connectivity index (χ4v) is 3.26. The third kappa shape index (κ3) is 2.05. The van der Waals surface area contributed by atoms with E-state index in [1.807, 2.05) is 0 Å². The minimum absolute atomic E-state index is 0.547. The fourth-order valence-electron chi connectivity index (χ4n) is 3.26. The van der Waals surface area contributed by atoms with Crippen LogP contribution in [-0.4, -0.2) is 9.55 Å². The summed E-state index contributed by atoms with van der Waals surface area (Å²) >= 11 is 0. The number of hydrogen-bond donors (Lipinski definition) is 1. The number of fused-ring (bicyclic) bond motifs is 1. The monoisotopic (exact) mass is 277 g/mol. The fraction of sp³-hybridized carbons (Fsp3) is 0.278. The second-order valence-corrected chi connectivity index (χ2v) is 5.92. The van der Waals surface area contributed by atoms with Crippen molar-refractivity contribution >= 4 is 11.0 Å². The number of imidazole rings is 1. The summed E-state index contributed by atoms with van der Waals surface area (Å²) in [6.45, 7) is 0.576. The van der Waals surface area contributed by atoms with Crippen molar-refractivity contribution in [1.29, 1.82) is 0 Å². The van der Waals surface area contributed by atoms with Crippen molar-refractivity contribution in [3.63, 3.8) is 0 Å². The molecule has 3 heteroatoms. The molecule has 0 spiro atoms. The summed E-state index contributed by atoms with van der Waals surface area (Å²) in [6.07, 6.45) is 1.20. The summed E-state index contributed by atoms with van der Waals surface area (Å²) in [4.78, 5) is 4.85. The van der Waals surface area contributed by atoms with E-state index in [1.54, 1.807) is 0 Å². The van der Waals surface area contributed by atoms with Gasteiger partial charge in [-0.2, -0.15) is 0 Å². The molecule has 2 atom stereocenters. The second-order valence-electron chi connectivity index (χ2n) is 5.92. The molecule has 0 amide bonds. The van der Waals surface area contributed by atoms with Crippen molar-refractivity contribution in [3.8, 4) is 0 Å². The second kappa shape index (κ2) is 4.71. The lowest BCUT2D eigenvalue weighted by Gasteiger charge is -2.03. The minimum atomic E-state index is 0.547. The lowest BCUT2D eigenvalue weighted by atomic mass is 10.1. The lowest BCUT2D eigenvalue weighted by Crippen LogP contribution is -1.98. The van der Waals surface area contributed by atoms with E-state index in [4.69, 9.17) is 10.7 Å². The van der Waals surface area contributed by atoms with E-state index in [0.29, 0.717) is 18.4 Å². The molecule has 0 radical (unpaired) electrons. The zero-order valence-electron chi connectivity index (χ0n) is 12.2. The van der Waals surface area contributed by atoms with Crippen molar-refractivity contribution in [3.05, 3.63) is 65.5 Å². The van der Waals surface area contributed by atoms with Gasteiger partial charge in [0, 0.05) is 19.5 Å². The van der Waals surface area contributed by atoms with E-state index in [9.17, 15) is 0 Å². The van der Waals surface area contributed by atoms with Crippen LogP contribution in [-0.2, 0) is 13.6 Å². The minimum Gasteiger partial charge on any atom is -0.331 e.